The molecule has 0 bridgehead atoms. The van der Waals surface area contributed by atoms with Crippen LogP contribution in [0.5, 0.6) is 5.75 Å². The fourth-order valence-electron chi connectivity index (χ4n) is 2.09. The van der Waals surface area contributed by atoms with Crippen LogP contribution in [0.3, 0.4) is 0 Å². The summed E-state index contributed by atoms with van der Waals surface area (Å²) in [4.78, 5) is 0. The summed E-state index contributed by atoms with van der Waals surface area (Å²) in [6.45, 7) is 4.50. The fourth-order valence-corrected chi connectivity index (χ4v) is 3.82. The van der Waals surface area contributed by atoms with Gasteiger partial charge in [0.2, 0.25) is 0 Å². The molecule has 5 heteroatoms. The monoisotopic (exact) mass is 347 g/mol. The molecule has 2 aromatic carbocycles. The van der Waals surface area contributed by atoms with Gasteiger partial charge in [0.15, 0.2) is 0 Å². The molecule has 0 radical (unpaired) electrons. The standard InChI is InChI=1S/C18H19ClNO2P/c1-3-14-20(15-4-2)23(19,21)22-18-12-10-17(11-13-18)16-8-6-5-7-9-16/h3-13H,1-2,14-15H2. The van der Waals surface area contributed by atoms with Gasteiger partial charge in [0.1, 0.15) is 5.75 Å². The maximum absolute atomic E-state index is 12.6. The largest absolute Gasteiger partial charge is 0.422 e. The first-order valence-electron chi connectivity index (χ1n) is 7.19. The van der Waals surface area contributed by atoms with Gasteiger partial charge in [-0.15, -0.1) is 13.2 Å². The molecular weight excluding hydrogens is 329 g/mol. The van der Waals surface area contributed by atoms with Crippen molar-refractivity contribution in [2.75, 3.05) is 13.1 Å². The molecule has 0 aliphatic heterocycles. The molecule has 0 aliphatic carbocycles. The minimum absolute atomic E-state index is 0.356. The summed E-state index contributed by atoms with van der Waals surface area (Å²) in [5.74, 6) is 0.459. The van der Waals surface area contributed by atoms with Crippen molar-refractivity contribution in [3.8, 4) is 16.9 Å². The van der Waals surface area contributed by atoms with Crippen molar-refractivity contribution in [3.63, 3.8) is 0 Å². The van der Waals surface area contributed by atoms with Crippen LogP contribution in [0.1, 0.15) is 0 Å². The van der Waals surface area contributed by atoms with Gasteiger partial charge in [-0.1, -0.05) is 54.6 Å². The molecule has 0 amide bonds. The van der Waals surface area contributed by atoms with Crippen LogP contribution in [0.25, 0.3) is 11.1 Å². The van der Waals surface area contributed by atoms with Crippen LogP contribution in [0.2, 0.25) is 0 Å². The van der Waals surface area contributed by atoms with Gasteiger partial charge >= 0.3 is 6.87 Å². The Balaban J connectivity index is 2.14. The van der Waals surface area contributed by atoms with Gasteiger partial charge in [0.05, 0.1) is 0 Å². The van der Waals surface area contributed by atoms with Crippen LogP contribution < -0.4 is 4.52 Å². The summed E-state index contributed by atoms with van der Waals surface area (Å²) < 4.78 is 19.6. The topological polar surface area (TPSA) is 29.5 Å². The fraction of sp³-hybridized carbons (Fsp3) is 0.111. The molecule has 23 heavy (non-hydrogen) atoms. The van der Waals surface area contributed by atoms with Gasteiger partial charge in [-0.25, -0.2) is 9.24 Å². The predicted octanol–water partition coefficient (Wildman–Crippen LogP) is 5.75. The van der Waals surface area contributed by atoms with Gasteiger partial charge in [-0.05, 0) is 23.3 Å². The van der Waals surface area contributed by atoms with Crippen molar-refractivity contribution in [1.82, 2.24) is 4.67 Å². The second-order valence-electron chi connectivity index (χ2n) is 4.88. The van der Waals surface area contributed by atoms with Crippen molar-refractivity contribution in [3.05, 3.63) is 79.9 Å². The van der Waals surface area contributed by atoms with Crippen molar-refractivity contribution in [1.29, 1.82) is 0 Å². The number of hydrogen-bond donors (Lipinski definition) is 0. The van der Waals surface area contributed by atoms with Gasteiger partial charge in [-0.3, -0.25) is 0 Å². The Kier molecular flexibility index (Phi) is 6.23. The van der Waals surface area contributed by atoms with E-state index in [1.807, 2.05) is 42.5 Å². The lowest BCUT2D eigenvalue weighted by molar-refractivity contribution is 0.406. The highest BCUT2D eigenvalue weighted by Crippen LogP contribution is 2.55. The molecule has 0 heterocycles. The molecule has 1 unspecified atom stereocenters. The smallest absolute Gasteiger partial charge is 0.412 e. The molecule has 0 saturated carbocycles. The predicted molar refractivity (Wildman–Crippen MR) is 97.9 cm³/mol. The van der Waals surface area contributed by atoms with E-state index in [-0.39, 0.29) is 0 Å². The maximum atomic E-state index is 12.6. The summed E-state index contributed by atoms with van der Waals surface area (Å²) in [6.07, 6.45) is 3.25. The first-order valence-corrected chi connectivity index (χ1v) is 9.67. The Labute approximate surface area is 142 Å². The molecule has 120 valence electrons. The zero-order valence-electron chi connectivity index (χ0n) is 12.8. The highest BCUT2D eigenvalue weighted by Gasteiger charge is 2.29. The van der Waals surface area contributed by atoms with E-state index in [0.29, 0.717) is 18.8 Å². The third-order valence-corrected chi connectivity index (χ3v) is 5.48. The van der Waals surface area contributed by atoms with E-state index in [1.54, 1.807) is 24.3 Å². The Hall–Kier alpha value is -1.80. The SMILES string of the molecule is C=CCN(CC=C)P(=O)(Cl)Oc1ccc(-c2ccccc2)cc1. The summed E-state index contributed by atoms with van der Waals surface area (Å²) in [5, 5.41) is 0. The summed E-state index contributed by atoms with van der Waals surface area (Å²) >= 11 is 6.11. The van der Waals surface area contributed by atoms with Crippen molar-refractivity contribution in [2.24, 2.45) is 0 Å². The zero-order chi connectivity index (χ0) is 16.7. The molecule has 0 N–H and O–H groups in total. The van der Waals surface area contributed by atoms with Crippen LogP contribution in [0.15, 0.2) is 79.9 Å². The first-order chi connectivity index (χ1) is 11.1. The number of hydrogen-bond acceptors (Lipinski definition) is 2. The Bertz CT molecular complexity index is 691. The number of benzene rings is 2. The zero-order valence-corrected chi connectivity index (χ0v) is 14.4. The third kappa shape index (κ3) is 4.84. The molecular formula is C18H19ClNO2P. The van der Waals surface area contributed by atoms with E-state index in [4.69, 9.17) is 15.8 Å². The molecule has 0 aliphatic rings. The lowest BCUT2D eigenvalue weighted by atomic mass is 10.1. The minimum Gasteiger partial charge on any atom is -0.422 e. The van der Waals surface area contributed by atoms with E-state index in [0.717, 1.165) is 11.1 Å². The van der Waals surface area contributed by atoms with Crippen LogP contribution in [-0.2, 0) is 4.57 Å². The van der Waals surface area contributed by atoms with E-state index in [1.165, 1.54) is 4.67 Å². The number of rotatable bonds is 8. The second kappa shape index (κ2) is 8.16. The van der Waals surface area contributed by atoms with E-state index < -0.39 is 6.87 Å². The molecule has 2 aromatic rings. The molecule has 0 fully saturated rings. The van der Waals surface area contributed by atoms with E-state index in [9.17, 15) is 4.57 Å². The Morgan fingerprint density at radius 3 is 2.00 bits per heavy atom. The van der Waals surface area contributed by atoms with Gasteiger partial charge in [0, 0.05) is 24.3 Å². The highest BCUT2D eigenvalue weighted by atomic mass is 35.7. The van der Waals surface area contributed by atoms with E-state index >= 15 is 0 Å². The van der Waals surface area contributed by atoms with Gasteiger partial charge in [0.25, 0.3) is 0 Å². The van der Waals surface area contributed by atoms with Crippen LogP contribution in [0, 0.1) is 0 Å². The molecule has 0 aromatic heterocycles. The molecule has 0 spiro atoms. The van der Waals surface area contributed by atoms with Crippen molar-refractivity contribution in [2.45, 2.75) is 0 Å². The summed E-state index contributed by atoms with van der Waals surface area (Å²) in [6, 6.07) is 17.3. The third-order valence-electron chi connectivity index (χ3n) is 3.20. The van der Waals surface area contributed by atoms with E-state index in [2.05, 4.69) is 13.2 Å². The number of nitrogens with zero attached hydrogens (tertiary/aromatic N) is 1. The van der Waals surface area contributed by atoms with Gasteiger partial charge < -0.3 is 4.52 Å². The normalized spacial score (nSPS) is 13.3. The molecule has 2 rings (SSSR count). The average molecular weight is 348 g/mol. The first kappa shape index (κ1) is 17.6. The lowest BCUT2D eigenvalue weighted by Gasteiger charge is -2.24. The average Bonchev–Trinajstić information content (AvgIpc) is 2.56. The summed E-state index contributed by atoms with van der Waals surface area (Å²) in [7, 11) is 0. The Morgan fingerprint density at radius 1 is 0.957 bits per heavy atom. The number of halogens is 1. The van der Waals surface area contributed by atoms with Gasteiger partial charge in [-0.2, -0.15) is 0 Å². The second-order valence-corrected chi connectivity index (χ2v) is 7.81. The van der Waals surface area contributed by atoms with Crippen LogP contribution in [0.4, 0.5) is 0 Å². The van der Waals surface area contributed by atoms with Crippen LogP contribution in [-0.4, -0.2) is 17.8 Å². The highest BCUT2D eigenvalue weighted by molar-refractivity contribution is 7.83. The summed E-state index contributed by atoms with van der Waals surface area (Å²) in [5.41, 5.74) is 2.16. The quantitative estimate of drug-likeness (QED) is 0.449. The molecule has 3 nitrogen and oxygen atoms in total. The lowest BCUT2D eigenvalue weighted by Crippen LogP contribution is -2.20. The molecule has 0 saturated heterocycles. The van der Waals surface area contributed by atoms with Crippen molar-refractivity contribution < 1.29 is 9.09 Å². The van der Waals surface area contributed by atoms with Crippen LogP contribution >= 0.6 is 18.1 Å². The van der Waals surface area contributed by atoms with Crippen molar-refractivity contribution >= 4 is 18.1 Å². The minimum atomic E-state index is -3.48. The Morgan fingerprint density at radius 2 is 1.48 bits per heavy atom. The molecule has 1 atom stereocenters. The maximum Gasteiger partial charge on any atom is 0.412 e.